The third-order valence-corrected chi connectivity index (χ3v) is 1.69. The van der Waals surface area contributed by atoms with Crippen LogP contribution in [0.5, 0.6) is 0 Å². The molecule has 1 atom stereocenters. The van der Waals surface area contributed by atoms with Crippen molar-refractivity contribution in [3.63, 3.8) is 0 Å². The summed E-state index contributed by atoms with van der Waals surface area (Å²) in [5, 5.41) is 2.88. The summed E-state index contributed by atoms with van der Waals surface area (Å²) >= 11 is 0. The highest BCUT2D eigenvalue weighted by molar-refractivity contribution is 5.98. The number of ketones is 1. The van der Waals surface area contributed by atoms with E-state index in [1.165, 1.54) is 0 Å². The largest absolute Gasteiger partial charge is 0.359 e. The highest BCUT2D eigenvalue weighted by Crippen LogP contribution is 1.99. The Hall–Kier alpha value is -1.09. The fraction of sp³-hybridized carbons (Fsp3) is 0.375. The number of aromatic nitrogens is 1. The van der Waals surface area contributed by atoms with Gasteiger partial charge in [0.25, 0.3) is 0 Å². The molecule has 3 heteroatoms. The predicted octanol–water partition coefficient (Wildman–Crippen LogP) is 0.805. The molecule has 2 N–H and O–H groups in total. The van der Waals surface area contributed by atoms with Crippen LogP contribution in [0.15, 0.2) is 18.3 Å². The predicted molar refractivity (Wildman–Crippen MR) is 43.6 cm³/mol. The summed E-state index contributed by atoms with van der Waals surface area (Å²) in [7, 11) is 1.77. The van der Waals surface area contributed by atoms with Gasteiger partial charge in [-0.05, 0) is 26.1 Å². The second-order valence-corrected chi connectivity index (χ2v) is 2.46. The first-order chi connectivity index (χ1) is 5.25. The number of hydrogen-bond acceptors (Lipinski definition) is 2. The molecule has 1 heterocycles. The Labute approximate surface area is 65.8 Å². The number of carbonyl (C=O) groups excluding carboxylic acids is 1. The van der Waals surface area contributed by atoms with Gasteiger partial charge in [0.1, 0.15) is 0 Å². The van der Waals surface area contributed by atoms with Crippen molar-refractivity contribution in [2.75, 3.05) is 7.05 Å². The molecule has 0 saturated heterocycles. The van der Waals surface area contributed by atoms with Gasteiger partial charge in [-0.15, -0.1) is 0 Å². The first kappa shape index (κ1) is 8.01. The van der Waals surface area contributed by atoms with Crippen LogP contribution >= 0.6 is 0 Å². The molecule has 3 nitrogen and oxygen atoms in total. The fourth-order valence-electron chi connectivity index (χ4n) is 0.848. The lowest BCUT2D eigenvalue weighted by Crippen LogP contribution is -2.30. The van der Waals surface area contributed by atoms with E-state index >= 15 is 0 Å². The zero-order chi connectivity index (χ0) is 8.27. The second kappa shape index (κ2) is 3.34. The van der Waals surface area contributed by atoms with Crippen molar-refractivity contribution in [2.45, 2.75) is 13.0 Å². The molecule has 1 aromatic rings. The van der Waals surface area contributed by atoms with Gasteiger partial charge in [-0.2, -0.15) is 0 Å². The van der Waals surface area contributed by atoms with Crippen LogP contribution in [0.25, 0.3) is 0 Å². The second-order valence-electron chi connectivity index (χ2n) is 2.46. The van der Waals surface area contributed by atoms with Crippen LogP contribution in [0.4, 0.5) is 0 Å². The van der Waals surface area contributed by atoms with E-state index in [1.54, 1.807) is 19.3 Å². The number of carbonyl (C=O) groups is 1. The third kappa shape index (κ3) is 1.68. The lowest BCUT2D eigenvalue weighted by Gasteiger charge is -2.05. The average Bonchev–Trinajstić information content (AvgIpc) is 2.53. The lowest BCUT2D eigenvalue weighted by molar-refractivity contribution is 0.0950. The molecule has 60 valence electrons. The van der Waals surface area contributed by atoms with E-state index in [9.17, 15) is 4.79 Å². The number of aromatic amines is 1. The molecular formula is C8H12N2O. The first-order valence-corrected chi connectivity index (χ1v) is 3.60. The van der Waals surface area contributed by atoms with Crippen molar-refractivity contribution in [1.82, 2.24) is 10.3 Å². The molecule has 0 aliphatic heterocycles. The number of likely N-dealkylation sites (N-methyl/N-ethyl adjacent to an activating group) is 1. The van der Waals surface area contributed by atoms with E-state index in [-0.39, 0.29) is 11.8 Å². The van der Waals surface area contributed by atoms with E-state index in [0.29, 0.717) is 5.69 Å². The van der Waals surface area contributed by atoms with Crippen molar-refractivity contribution < 1.29 is 4.79 Å². The Morgan fingerprint density at radius 1 is 1.73 bits per heavy atom. The molecule has 0 saturated carbocycles. The molecule has 0 aliphatic carbocycles. The van der Waals surface area contributed by atoms with Crippen molar-refractivity contribution in [2.24, 2.45) is 0 Å². The number of hydrogen-bond donors (Lipinski definition) is 2. The van der Waals surface area contributed by atoms with Gasteiger partial charge in [0.05, 0.1) is 11.7 Å². The number of rotatable bonds is 3. The van der Waals surface area contributed by atoms with E-state index in [4.69, 9.17) is 0 Å². The van der Waals surface area contributed by atoms with Crippen LogP contribution in [0.3, 0.4) is 0 Å². The molecule has 0 radical (unpaired) electrons. The van der Waals surface area contributed by atoms with Gasteiger partial charge in [0.2, 0.25) is 0 Å². The van der Waals surface area contributed by atoms with Gasteiger partial charge in [-0.25, -0.2) is 0 Å². The van der Waals surface area contributed by atoms with E-state index in [1.807, 2.05) is 13.0 Å². The minimum absolute atomic E-state index is 0.0949. The van der Waals surface area contributed by atoms with Gasteiger partial charge < -0.3 is 10.3 Å². The van der Waals surface area contributed by atoms with Gasteiger partial charge in [-0.3, -0.25) is 4.79 Å². The number of nitrogens with one attached hydrogen (secondary N) is 2. The maximum Gasteiger partial charge on any atom is 0.195 e. The van der Waals surface area contributed by atoms with Crippen LogP contribution in [0.2, 0.25) is 0 Å². The Morgan fingerprint density at radius 3 is 2.91 bits per heavy atom. The maximum atomic E-state index is 11.3. The Kier molecular flexibility index (Phi) is 2.44. The van der Waals surface area contributed by atoms with Gasteiger partial charge in [-0.1, -0.05) is 0 Å². The van der Waals surface area contributed by atoms with E-state index in [2.05, 4.69) is 10.3 Å². The summed E-state index contributed by atoms with van der Waals surface area (Å²) in [6.07, 6.45) is 1.75. The Morgan fingerprint density at radius 2 is 2.45 bits per heavy atom. The molecule has 0 aliphatic rings. The molecule has 0 unspecified atom stereocenters. The average molecular weight is 152 g/mol. The third-order valence-electron chi connectivity index (χ3n) is 1.69. The highest BCUT2D eigenvalue weighted by Gasteiger charge is 2.12. The van der Waals surface area contributed by atoms with Crippen LogP contribution in [0.1, 0.15) is 17.4 Å². The molecule has 11 heavy (non-hydrogen) atoms. The minimum atomic E-state index is -0.117. The van der Waals surface area contributed by atoms with Gasteiger partial charge in [0.15, 0.2) is 5.78 Å². The van der Waals surface area contributed by atoms with Crippen molar-refractivity contribution >= 4 is 5.78 Å². The highest BCUT2D eigenvalue weighted by atomic mass is 16.1. The molecule has 1 aromatic heterocycles. The molecule has 0 fully saturated rings. The van der Waals surface area contributed by atoms with Crippen LogP contribution in [-0.4, -0.2) is 23.9 Å². The van der Waals surface area contributed by atoms with Gasteiger partial charge in [0, 0.05) is 6.20 Å². The molecule has 0 amide bonds. The quantitative estimate of drug-likeness (QED) is 0.629. The zero-order valence-corrected chi connectivity index (χ0v) is 6.72. The minimum Gasteiger partial charge on any atom is -0.359 e. The monoisotopic (exact) mass is 152 g/mol. The maximum absolute atomic E-state index is 11.3. The summed E-state index contributed by atoms with van der Waals surface area (Å²) in [6.45, 7) is 1.84. The lowest BCUT2D eigenvalue weighted by atomic mass is 10.1. The summed E-state index contributed by atoms with van der Waals surface area (Å²) in [6, 6.07) is 3.47. The SMILES string of the molecule is CN[C@@H](C)C(=O)c1ccc[nH]1. The van der Waals surface area contributed by atoms with Crippen molar-refractivity contribution in [1.29, 1.82) is 0 Å². The first-order valence-electron chi connectivity index (χ1n) is 3.60. The van der Waals surface area contributed by atoms with E-state index < -0.39 is 0 Å². The van der Waals surface area contributed by atoms with E-state index in [0.717, 1.165) is 0 Å². The summed E-state index contributed by atoms with van der Waals surface area (Å²) in [5.74, 6) is 0.0949. The smallest absolute Gasteiger partial charge is 0.195 e. The molecule has 0 aromatic carbocycles. The number of H-pyrrole nitrogens is 1. The van der Waals surface area contributed by atoms with Crippen LogP contribution < -0.4 is 5.32 Å². The molecule has 1 rings (SSSR count). The topological polar surface area (TPSA) is 44.9 Å². The molecule has 0 spiro atoms. The zero-order valence-electron chi connectivity index (χ0n) is 6.72. The van der Waals surface area contributed by atoms with Crippen molar-refractivity contribution in [3.05, 3.63) is 24.0 Å². The molecule has 0 bridgehead atoms. The Balaban J connectivity index is 2.70. The summed E-state index contributed by atoms with van der Waals surface area (Å²) in [4.78, 5) is 14.2. The summed E-state index contributed by atoms with van der Waals surface area (Å²) in [5.41, 5.74) is 0.659. The van der Waals surface area contributed by atoms with Crippen molar-refractivity contribution in [3.8, 4) is 0 Å². The molecular weight excluding hydrogens is 140 g/mol. The van der Waals surface area contributed by atoms with Gasteiger partial charge >= 0.3 is 0 Å². The number of Topliss-reactive ketones (excluding diaryl/α,β-unsaturated/α-hetero) is 1. The van der Waals surface area contributed by atoms with Crippen LogP contribution in [-0.2, 0) is 0 Å². The fourth-order valence-corrected chi connectivity index (χ4v) is 0.848. The normalized spacial score (nSPS) is 12.9. The standard InChI is InChI=1S/C8H12N2O/c1-6(9-2)8(11)7-4-3-5-10-7/h3-6,9-10H,1-2H3/t6-/m0/s1. The summed E-state index contributed by atoms with van der Waals surface area (Å²) < 4.78 is 0. The van der Waals surface area contributed by atoms with Crippen LogP contribution in [0, 0.1) is 0 Å². The Bertz CT molecular complexity index is 228.